The smallest absolute Gasteiger partial charge is 0.115 e. The number of hydrogen-bond acceptors (Lipinski definition) is 1. The van der Waals surface area contributed by atoms with Crippen LogP contribution in [0.15, 0.2) is 60.7 Å². The van der Waals surface area contributed by atoms with E-state index < -0.39 is 6.10 Å². The van der Waals surface area contributed by atoms with Crippen molar-refractivity contribution in [2.45, 2.75) is 38.2 Å². The predicted molar refractivity (Wildman–Crippen MR) is 87.9 cm³/mol. The molecule has 0 radical (unpaired) electrons. The van der Waals surface area contributed by atoms with Gasteiger partial charge in [0.1, 0.15) is 6.10 Å². The van der Waals surface area contributed by atoms with Crippen molar-refractivity contribution >= 4 is 0 Å². The Morgan fingerprint density at radius 1 is 0.810 bits per heavy atom. The first kappa shape index (κ1) is 15.4. The monoisotopic (exact) mass is 278 g/mol. The lowest BCUT2D eigenvalue weighted by molar-refractivity contribution is 0.222. The van der Waals surface area contributed by atoms with Crippen molar-refractivity contribution in [3.05, 3.63) is 71.8 Å². The standard InChI is InChI=1S/C20H22O/c21-20(17-16-19-13-6-2-7-14-19)15-9-3-8-12-18-10-4-1-5-11-18/h1-2,4-7,10-11,13-14,20-21H,3,8,12,16-17H2/t20-/m1/s1. The quantitative estimate of drug-likeness (QED) is 0.625. The summed E-state index contributed by atoms with van der Waals surface area (Å²) in [7, 11) is 0. The molecular weight excluding hydrogens is 256 g/mol. The van der Waals surface area contributed by atoms with Crippen LogP contribution in [0, 0.1) is 11.8 Å². The highest BCUT2D eigenvalue weighted by molar-refractivity contribution is 5.16. The largest absolute Gasteiger partial charge is 0.380 e. The van der Waals surface area contributed by atoms with Gasteiger partial charge in [-0.3, -0.25) is 0 Å². The van der Waals surface area contributed by atoms with Crippen molar-refractivity contribution in [2.75, 3.05) is 0 Å². The first-order valence-electron chi connectivity index (χ1n) is 7.59. The summed E-state index contributed by atoms with van der Waals surface area (Å²) in [5.41, 5.74) is 2.60. The molecule has 0 saturated heterocycles. The third kappa shape index (κ3) is 6.29. The van der Waals surface area contributed by atoms with E-state index in [-0.39, 0.29) is 0 Å². The second-order valence-electron chi connectivity index (χ2n) is 5.20. The molecule has 2 aromatic rings. The molecule has 0 aromatic heterocycles. The van der Waals surface area contributed by atoms with Crippen molar-refractivity contribution in [3.63, 3.8) is 0 Å². The molecule has 1 N–H and O–H groups in total. The van der Waals surface area contributed by atoms with E-state index in [0.717, 1.165) is 25.7 Å². The maximum absolute atomic E-state index is 9.85. The van der Waals surface area contributed by atoms with Crippen LogP contribution in [0.25, 0.3) is 0 Å². The number of benzene rings is 2. The summed E-state index contributed by atoms with van der Waals surface area (Å²) in [6, 6.07) is 20.7. The highest BCUT2D eigenvalue weighted by Gasteiger charge is 1.99. The summed E-state index contributed by atoms with van der Waals surface area (Å²) in [5.74, 6) is 6.04. The van der Waals surface area contributed by atoms with Crippen LogP contribution in [0.4, 0.5) is 0 Å². The molecule has 2 aromatic carbocycles. The SMILES string of the molecule is O[C@H](C#CCCCc1ccccc1)CCc1ccccc1. The molecule has 0 fully saturated rings. The van der Waals surface area contributed by atoms with Crippen LogP contribution < -0.4 is 0 Å². The summed E-state index contributed by atoms with van der Waals surface area (Å²) in [6.07, 6.45) is 4.01. The van der Waals surface area contributed by atoms with Gasteiger partial charge < -0.3 is 5.11 Å². The van der Waals surface area contributed by atoms with E-state index in [1.165, 1.54) is 11.1 Å². The van der Waals surface area contributed by atoms with Crippen molar-refractivity contribution < 1.29 is 5.11 Å². The van der Waals surface area contributed by atoms with Crippen LogP contribution in [0.2, 0.25) is 0 Å². The second kappa shape index (κ2) is 9.00. The third-order valence-electron chi connectivity index (χ3n) is 3.43. The Bertz CT molecular complexity index is 563. The summed E-state index contributed by atoms with van der Waals surface area (Å²) >= 11 is 0. The fraction of sp³-hybridized carbons (Fsp3) is 0.300. The lowest BCUT2D eigenvalue weighted by Crippen LogP contribution is -2.04. The maximum Gasteiger partial charge on any atom is 0.115 e. The van der Waals surface area contributed by atoms with E-state index in [1.807, 2.05) is 24.3 Å². The molecule has 108 valence electrons. The molecule has 0 aliphatic heterocycles. The van der Waals surface area contributed by atoms with E-state index in [9.17, 15) is 5.11 Å². The number of aliphatic hydroxyl groups excluding tert-OH is 1. The zero-order chi connectivity index (χ0) is 14.8. The van der Waals surface area contributed by atoms with Crippen LogP contribution in [0.1, 0.15) is 30.4 Å². The summed E-state index contributed by atoms with van der Waals surface area (Å²) in [5, 5.41) is 9.85. The molecule has 0 heterocycles. The number of unbranched alkanes of at least 4 members (excludes halogenated alkanes) is 1. The predicted octanol–water partition coefficient (Wildman–Crippen LogP) is 4.01. The molecule has 1 nitrogen and oxygen atoms in total. The lowest BCUT2D eigenvalue weighted by atomic mass is 10.1. The van der Waals surface area contributed by atoms with Gasteiger partial charge in [-0.15, -0.1) is 5.92 Å². The van der Waals surface area contributed by atoms with Gasteiger partial charge in [0, 0.05) is 6.42 Å². The fourth-order valence-electron chi connectivity index (χ4n) is 2.24. The van der Waals surface area contributed by atoms with Gasteiger partial charge in [0.05, 0.1) is 0 Å². The number of aryl methyl sites for hydroxylation is 2. The van der Waals surface area contributed by atoms with Crippen LogP contribution in [-0.2, 0) is 12.8 Å². The van der Waals surface area contributed by atoms with Gasteiger partial charge in [-0.2, -0.15) is 0 Å². The first-order valence-corrected chi connectivity index (χ1v) is 7.59. The van der Waals surface area contributed by atoms with Gasteiger partial charge in [0.25, 0.3) is 0 Å². The van der Waals surface area contributed by atoms with Gasteiger partial charge >= 0.3 is 0 Å². The number of aliphatic hydroxyl groups is 1. The molecule has 1 atom stereocenters. The number of hydrogen-bond donors (Lipinski definition) is 1. The van der Waals surface area contributed by atoms with Gasteiger partial charge in [0.15, 0.2) is 0 Å². The topological polar surface area (TPSA) is 20.2 Å². The second-order valence-corrected chi connectivity index (χ2v) is 5.20. The molecule has 1 heteroatoms. The van der Waals surface area contributed by atoms with E-state index in [2.05, 4.69) is 48.2 Å². The van der Waals surface area contributed by atoms with E-state index in [1.54, 1.807) is 0 Å². The van der Waals surface area contributed by atoms with Crippen LogP contribution in [0.3, 0.4) is 0 Å². The molecule has 0 saturated carbocycles. The Morgan fingerprint density at radius 3 is 2.00 bits per heavy atom. The van der Waals surface area contributed by atoms with Crippen molar-refractivity contribution in [1.29, 1.82) is 0 Å². The van der Waals surface area contributed by atoms with Gasteiger partial charge in [0.2, 0.25) is 0 Å². The molecule has 0 spiro atoms. The maximum atomic E-state index is 9.85. The van der Waals surface area contributed by atoms with Crippen molar-refractivity contribution in [2.24, 2.45) is 0 Å². The Kier molecular flexibility index (Phi) is 6.58. The Hall–Kier alpha value is -2.04. The molecular formula is C20H22O. The summed E-state index contributed by atoms with van der Waals surface area (Å²) in [6.45, 7) is 0. The van der Waals surface area contributed by atoms with Crippen molar-refractivity contribution in [1.82, 2.24) is 0 Å². The first-order chi connectivity index (χ1) is 10.3. The molecule has 0 bridgehead atoms. The summed E-state index contributed by atoms with van der Waals surface area (Å²) in [4.78, 5) is 0. The highest BCUT2D eigenvalue weighted by Crippen LogP contribution is 2.05. The fourth-order valence-corrected chi connectivity index (χ4v) is 2.24. The average molecular weight is 278 g/mol. The minimum atomic E-state index is -0.512. The van der Waals surface area contributed by atoms with Gasteiger partial charge in [-0.1, -0.05) is 66.6 Å². The van der Waals surface area contributed by atoms with E-state index in [0.29, 0.717) is 6.42 Å². The van der Waals surface area contributed by atoms with Crippen LogP contribution in [0.5, 0.6) is 0 Å². The van der Waals surface area contributed by atoms with Crippen LogP contribution >= 0.6 is 0 Å². The molecule has 2 rings (SSSR count). The van der Waals surface area contributed by atoms with Gasteiger partial charge in [-0.05, 0) is 36.8 Å². The Morgan fingerprint density at radius 2 is 1.38 bits per heavy atom. The Labute approximate surface area is 127 Å². The molecule has 21 heavy (non-hydrogen) atoms. The Balaban J connectivity index is 1.63. The van der Waals surface area contributed by atoms with E-state index >= 15 is 0 Å². The molecule has 0 aliphatic carbocycles. The minimum absolute atomic E-state index is 0.512. The minimum Gasteiger partial charge on any atom is -0.380 e. The van der Waals surface area contributed by atoms with E-state index in [4.69, 9.17) is 0 Å². The van der Waals surface area contributed by atoms with Crippen LogP contribution in [-0.4, -0.2) is 11.2 Å². The normalized spacial score (nSPS) is 11.5. The molecule has 0 aliphatic rings. The third-order valence-corrected chi connectivity index (χ3v) is 3.43. The van der Waals surface area contributed by atoms with Crippen molar-refractivity contribution in [3.8, 4) is 11.8 Å². The zero-order valence-electron chi connectivity index (χ0n) is 12.3. The highest BCUT2D eigenvalue weighted by atomic mass is 16.3. The summed E-state index contributed by atoms with van der Waals surface area (Å²) < 4.78 is 0. The molecule has 0 amide bonds. The average Bonchev–Trinajstić information content (AvgIpc) is 2.54. The zero-order valence-corrected chi connectivity index (χ0v) is 12.3. The number of rotatable bonds is 6. The lowest BCUT2D eigenvalue weighted by Gasteiger charge is -2.03. The van der Waals surface area contributed by atoms with Gasteiger partial charge in [-0.25, -0.2) is 0 Å². The molecule has 0 unspecified atom stereocenters.